The molecule has 2 aromatic rings. The Labute approximate surface area is 112 Å². The highest BCUT2D eigenvalue weighted by Gasteiger charge is 2.11. The molecule has 0 fully saturated rings. The first-order valence-electron chi connectivity index (χ1n) is 4.62. The lowest BCUT2D eigenvalue weighted by atomic mass is 10.2. The number of aromatic nitrogens is 1. The monoisotopic (exact) mass is 334 g/mol. The summed E-state index contributed by atoms with van der Waals surface area (Å²) in [6.07, 6.45) is 1.60. The largest absolute Gasteiger partial charge is 0.281 e. The quantitative estimate of drug-likeness (QED) is 0.877. The van der Waals surface area contributed by atoms with Gasteiger partial charge in [-0.05, 0) is 18.2 Å². The zero-order valence-electron chi connectivity index (χ0n) is 8.52. The van der Waals surface area contributed by atoms with Crippen molar-refractivity contribution in [1.82, 2.24) is 4.98 Å². The second kappa shape index (κ2) is 4.80. The van der Waals surface area contributed by atoms with E-state index in [0.29, 0.717) is 16.2 Å². The van der Waals surface area contributed by atoms with Crippen molar-refractivity contribution in [3.05, 3.63) is 35.5 Å². The standard InChI is InChI=1S/C10H8BrClN2O2S/c11-6-17(15,16)14-9-5-8(12)4-7-2-1-3-13-10(7)9/h1-5,14H,6H2. The number of benzene rings is 1. The molecule has 1 aromatic carbocycles. The molecule has 0 amide bonds. The summed E-state index contributed by atoms with van der Waals surface area (Å²) in [6.45, 7) is 0. The molecule has 0 aliphatic carbocycles. The third kappa shape index (κ3) is 2.88. The average Bonchev–Trinajstić information content (AvgIpc) is 2.28. The van der Waals surface area contributed by atoms with Crippen molar-refractivity contribution >= 4 is 54.1 Å². The van der Waals surface area contributed by atoms with Crippen molar-refractivity contribution in [1.29, 1.82) is 0 Å². The Morgan fingerprint density at radius 3 is 2.88 bits per heavy atom. The second-order valence-electron chi connectivity index (χ2n) is 3.35. The lowest BCUT2D eigenvalue weighted by Gasteiger charge is -2.08. The second-order valence-corrected chi connectivity index (χ2v) is 6.82. The van der Waals surface area contributed by atoms with E-state index in [2.05, 4.69) is 25.6 Å². The van der Waals surface area contributed by atoms with E-state index in [1.54, 1.807) is 18.3 Å². The van der Waals surface area contributed by atoms with Gasteiger partial charge < -0.3 is 0 Å². The molecule has 0 radical (unpaired) electrons. The Kier molecular flexibility index (Phi) is 3.56. The molecular formula is C10H8BrClN2O2S. The van der Waals surface area contributed by atoms with Crippen molar-refractivity contribution in [3.8, 4) is 0 Å². The van der Waals surface area contributed by atoms with Crippen LogP contribution < -0.4 is 4.72 Å². The highest BCUT2D eigenvalue weighted by atomic mass is 79.9. The number of nitrogens with one attached hydrogen (secondary N) is 1. The van der Waals surface area contributed by atoms with Gasteiger partial charge in [0.2, 0.25) is 10.0 Å². The van der Waals surface area contributed by atoms with Crippen molar-refractivity contribution in [2.75, 3.05) is 9.38 Å². The minimum atomic E-state index is -3.41. The molecule has 0 saturated carbocycles. The van der Waals surface area contributed by atoms with Gasteiger partial charge in [0.1, 0.15) is 4.66 Å². The smallest absolute Gasteiger partial charge is 0.242 e. The maximum atomic E-state index is 11.5. The highest BCUT2D eigenvalue weighted by Crippen LogP contribution is 2.27. The predicted molar refractivity (Wildman–Crippen MR) is 73.1 cm³/mol. The van der Waals surface area contributed by atoms with Gasteiger partial charge in [-0.2, -0.15) is 0 Å². The fraction of sp³-hybridized carbons (Fsp3) is 0.100. The van der Waals surface area contributed by atoms with E-state index in [1.807, 2.05) is 6.07 Å². The van der Waals surface area contributed by atoms with E-state index in [-0.39, 0.29) is 4.66 Å². The lowest BCUT2D eigenvalue weighted by molar-refractivity contribution is 0.606. The number of sulfonamides is 1. The van der Waals surface area contributed by atoms with Gasteiger partial charge in [0.15, 0.2) is 0 Å². The van der Waals surface area contributed by atoms with Gasteiger partial charge >= 0.3 is 0 Å². The molecular weight excluding hydrogens is 328 g/mol. The molecule has 0 spiro atoms. The Hall–Kier alpha value is -0.850. The molecule has 7 heteroatoms. The summed E-state index contributed by atoms with van der Waals surface area (Å²) in [5.74, 6) is 0. The molecule has 17 heavy (non-hydrogen) atoms. The first-order valence-corrected chi connectivity index (χ1v) is 7.78. The summed E-state index contributed by atoms with van der Waals surface area (Å²) in [5.41, 5.74) is 0.953. The highest BCUT2D eigenvalue weighted by molar-refractivity contribution is 9.10. The number of hydrogen-bond donors (Lipinski definition) is 1. The van der Waals surface area contributed by atoms with Crippen molar-refractivity contribution in [2.45, 2.75) is 0 Å². The lowest BCUT2D eigenvalue weighted by Crippen LogP contribution is -2.13. The molecule has 0 aliphatic heterocycles. The molecule has 2 rings (SSSR count). The fourth-order valence-corrected chi connectivity index (χ4v) is 2.54. The normalized spacial score (nSPS) is 11.6. The van der Waals surface area contributed by atoms with Crippen LogP contribution in [0.15, 0.2) is 30.5 Å². The number of halogens is 2. The summed E-state index contributed by atoms with van der Waals surface area (Å²) in [7, 11) is -3.41. The molecule has 4 nitrogen and oxygen atoms in total. The van der Waals surface area contributed by atoms with Crippen LogP contribution in [0.3, 0.4) is 0 Å². The summed E-state index contributed by atoms with van der Waals surface area (Å²) >= 11 is 8.83. The molecule has 0 aliphatic rings. The van der Waals surface area contributed by atoms with Crippen LogP contribution in [0, 0.1) is 0 Å². The topological polar surface area (TPSA) is 59.1 Å². The number of nitrogens with zero attached hydrogens (tertiary/aromatic N) is 1. The molecule has 1 N–H and O–H groups in total. The van der Waals surface area contributed by atoms with Gasteiger partial charge in [-0.1, -0.05) is 33.6 Å². The van der Waals surface area contributed by atoms with Crippen molar-refractivity contribution in [3.63, 3.8) is 0 Å². The van der Waals surface area contributed by atoms with Crippen LogP contribution in [0.4, 0.5) is 5.69 Å². The van der Waals surface area contributed by atoms with Gasteiger partial charge in [-0.15, -0.1) is 0 Å². The molecule has 1 aromatic heterocycles. The molecule has 1 heterocycles. The summed E-state index contributed by atoms with van der Waals surface area (Å²) in [6, 6.07) is 6.86. The number of fused-ring (bicyclic) bond motifs is 1. The summed E-state index contributed by atoms with van der Waals surface area (Å²) in [5, 5.41) is 1.24. The molecule has 0 atom stereocenters. The van der Waals surface area contributed by atoms with Crippen LogP contribution >= 0.6 is 27.5 Å². The van der Waals surface area contributed by atoms with E-state index in [0.717, 1.165) is 5.39 Å². The van der Waals surface area contributed by atoms with Crippen molar-refractivity contribution in [2.24, 2.45) is 0 Å². The number of rotatable bonds is 3. The summed E-state index contributed by atoms with van der Waals surface area (Å²) < 4.78 is 25.2. The van der Waals surface area contributed by atoms with Gasteiger partial charge in [-0.3, -0.25) is 9.71 Å². The number of hydrogen-bond acceptors (Lipinski definition) is 3. The maximum absolute atomic E-state index is 11.5. The zero-order chi connectivity index (χ0) is 12.5. The van der Waals surface area contributed by atoms with Crippen LogP contribution in [0.25, 0.3) is 10.9 Å². The molecule has 0 saturated heterocycles. The van der Waals surface area contributed by atoms with Crippen LogP contribution in [0.2, 0.25) is 5.02 Å². The van der Waals surface area contributed by atoms with E-state index in [1.165, 1.54) is 6.07 Å². The summed E-state index contributed by atoms with van der Waals surface area (Å²) in [4.78, 5) is 4.14. The molecule has 90 valence electrons. The number of alkyl halides is 1. The van der Waals surface area contributed by atoms with Gasteiger partial charge in [0, 0.05) is 16.6 Å². The zero-order valence-corrected chi connectivity index (χ0v) is 11.7. The van der Waals surface area contributed by atoms with E-state index in [4.69, 9.17) is 11.6 Å². The Morgan fingerprint density at radius 2 is 2.18 bits per heavy atom. The third-order valence-electron chi connectivity index (χ3n) is 2.08. The minimum absolute atomic E-state index is 0.180. The van der Waals surface area contributed by atoms with E-state index >= 15 is 0 Å². The van der Waals surface area contributed by atoms with Crippen LogP contribution in [-0.4, -0.2) is 18.1 Å². The maximum Gasteiger partial charge on any atom is 0.242 e. The number of pyridine rings is 1. The van der Waals surface area contributed by atoms with Crippen LogP contribution in [0.1, 0.15) is 0 Å². The van der Waals surface area contributed by atoms with Gasteiger partial charge in [-0.25, -0.2) is 8.42 Å². The Morgan fingerprint density at radius 1 is 1.41 bits per heavy atom. The predicted octanol–water partition coefficient (Wildman–Crippen LogP) is 2.98. The average molecular weight is 336 g/mol. The Balaban J connectivity index is 2.60. The molecule has 0 bridgehead atoms. The molecule has 0 unspecified atom stereocenters. The van der Waals surface area contributed by atoms with Crippen LogP contribution in [-0.2, 0) is 10.0 Å². The van der Waals surface area contributed by atoms with Gasteiger partial charge in [0.25, 0.3) is 0 Å². The third-order valence-corrected chi connectivity index (χ3v) is 4.92. The van der Waals surface area contributed by atoms with Gasteiger partial charge in [0.05, 0.1) is 11.2 Å². The fourth-order valence-electron chi connectivity index (χ4n) is 1.43. The van der Waals surface area contributed by atoms with E-state index < -0.39 is 10.0 Å². The number of anilines is 1. The first-order chi connectivity index (χ1) is 8.02. The first kappa shape index (κ1) is 12.6. The van der Waals surface area contributed by atoms with Crippen LogP contribution in [0.5, 0.6) is 0 Å². The SMILES string of the molecule is O=S(=O)(CBr)Nc1cc(Cl)cc2cccnc12. The minimum Gasteiger partial charge on any atom is -0.281 e. The van der Waals surface area contributed by atoms with E-state index in [9.17, 15) is 8.42 Å². The van der Waals surface area contributed by atoms with Crippen molar-refractivity contribution < 1.29 is 8.42 Å². The Bertz CT molecular complexity index is 660.